The number of aliphatic carboxylic acids is 1. The van der Waals surface area contributed by atoms with Crippen molar-refractivity contribution in [2.75, 3.05) is 12.0 Å². The zero-order valence-electron chi connectivity index (χ0n) is 5.85. The standard InChI is InChI=1S/C5H10O2S.Li/c1-8-4-2-3-5(6)7;/h2-4H2,1H3,(H,6,7);/q;+1/p-1. The quantitative estimate of drug-likeness (QED) is 0.306. The Labute approximate surface area is 71.6 Å². The minimum absolute atomic E-state index is 0. The third-order valence-corrected chi connectivity index (χ3v) is 1.43. The van der Waals surface area contributed by atoms with Crippen LogP contribution in [-0.2, 0) is 4.79 Å². The molecule has 0 saturated heterocycles. The van der Waals surface area contributed by atoms with Crippen molar-refractivity contribution in [1.29, 1.82) is 0 Å². The van der Waals surface area contributed by atoms with E-state index in [0.29, 0.717) is 0 Å². The first kappa shape index (κ1) is 12.1. The Balaban J connectivity index is 0. The Morgan fingerprint density at radius 2 is 2.22 bits per heavy atom. The average Bonchev–Trinajstić information content (AvgIpc) is 1.66. The molecular weight excluding hydrogens is 131 g/mol. The van der Waals surface area contributed by atoms with E-state index in [9.17, 15) is 9.90 Å². The van der Waals surface area contributed by atoms with Gasteiger partial charge in [-0.2, -0.15) is 11.8 Å². The molecule has 0 unspecified atom stereocenters. The predicted octanol–water partition coefficient (Wildman–Crippen LogP) is -3.12. The van der Waals surface area contributed by atoms with Gasteiger partial charge < -0.3 is 9.90 Å². The summed E-state index contributed by atoms with van der Waals surface area (Å²) < 4.78 is 0. The van der Waals surface area contributed by atoms with Crippen molar-refractivity contribution in [3.05, 3.63) is 0 Å². The summed E-state index contributed by atoms with van der Waals surface area (Å²) in [7, 11) is 0. The first-order valence-electron chi connectivity index (χ1n) is 2.46. The Kier molecular flexibility index (Phi) is 11.3. The van der Waals surface area contributed by atoms with E-state index in [1.165, 1.54) is 0 Å². The Hall–Kier alpha value is 0.417. The van der Waals surface area contributed by atoms with Crippen molar-refractivity contribution in [3.8, 4) is 0 Å². The Morgan fingerprint density at radius 3 is 2.56 bits per heavy atom. The SMILES string of the molecule is CSCCCC(=O)[O-].[Li+]. The van der Waals surface area contributed by atoms with Crippen LogP contribution in [0, 0.1) is 0 Å². The van der Waals surface area contributed by atoms with Gasteiger partial charge in [0, 0.05) is 5.97 Å². The van der Waals surface area contributed by atoms with Gasteiger partial charge in [0.2, 0.25) is 0 Å². The van der Waals surface area contributed by atoms with Crippen LogP contribution in [0.4, 0.5) is 0 Å². The number of hydrogen-bond donors (Lipinski definition) is 0. The van der Waals surface area contributed by atoms with Crippen LogP contribution in [0.25, 0.3) is 0 Å². The zero-order chi connectivity index (χ0) is 6.41. The summed E-state index contributed by atoms with van der Waals surface area (Å²) in [4.78, 5) is 9.75. The summed E-state index contributed by atoms with van der Waals surface area (Å²) in [5, 5.41) is 9.75. The van der Waals surface area contributed by atoms with Crippen molar-refractivity contribution in [1.82, 2.24) is 0 Å². The van der Waals surface area contributed by atoms with Crippen molar-refractivity contribution >= 4 is 17.7 Å². The minimum atomic E-state index is -0.945. The molecule has 9 heavy (non-hydrogen) atoms. The van der Waals surface area contributed by atoms with E-state index in [1.54, 1.807) is 11.8 Å². The van der Waals surface area contributed by atoms with Gasteiger partial charge in [0.25, 0.3) is 0 Å². The van der Waals surface area contributed by atoms with E-state index in [2.05, 4.69) is 0 Å². The molecule has 0 fully saturated rings. The van der Waals surface area contributed by atoms with Gasteiger partial charge in [-0.3, -0.25) is 0 Å². The summed E-state index contributed by atoms with van der Waals surface area (Å²) in [5.74, 6) is -0.0346. The fourth-order valence-electron chi connectivity index (χ4n) is 0.361. The number of carbonyl (C=O) groups excluding carboxylic acids is 1. The molecule has 0 aliphatic carbocycles. The van der Waals surface area contributed by atoms with E-state index in [1.807, 2.05) is 6.26 Å². The fourth-order valence-corrected chi connectivity index (χ4v) is 0.794. The van der Waals surface area contributed by atoms with Crippen LogP contribution in [0.15, 0.2) is 0 Å². The third kappa shape index (κ3) is 11.8. The van der Waals surface area contributed by atoms with Gasteiger partial charge in [-0.15, -0.1) is 0 Å². The van der Waals surface area contributed by atoms with Gasteiger partial charge in [0.05, 0.1) is 0 Å². The topological polar surface area (TPSA) is 40.1 Å². The monoisotopic (exact) mass is 140 g/mol. The average molecular weight is 140 g/mol. The summed E-state index contributed by atoms with van der Waals surface area (Å²) >= 11 is 1.65. The van der Waals surface area contributed by atoms with Gasteiger partial charge in [0.1, 0.15) is 0 Å². The third-order valence-electron chi connectivity index (χ3n) is 0.729. The second kappa shape index (κ2) is 8.42. The van der Waals surface area contributed by atoms with Gasteiger partial charge >= 0.3 is 18.9 Å². The Morgan fingerprint density at radius 1 is 1.67 bits per heavy atom. The number of thioether (sulfide) groups is 1. The second-order valence-electron chi connectivity index (χ2n) is 1.47. The van der Waals surface area contributed by atoms with Crippen LogP contribution < -0.4 is 24.0 Å². The first-order chi connectivity index (χ1) is 3.77. The molecule has 0 aromatic rings. The molecule has 0 amide bonds. The van der Waals surface area contributed by atoms with Crippen molar-refractivity contribution in [2.24, 2.45) is 0 Å². The summed E-state index contributed by atoms with van der Waals surface area (Å²) in [5.41, 5.74) is 0. The van der Waals surface area contributed by atoms with Gasteiger partial charge in [-0.05, 0) is 24.9 Å². The second-order valence-corrected chi connectivity index (χ2v) is 2.45. The molecule has 0 aliphatic heterocycles. The van der Waals surface area contributed by atoms with E-state index in [-0.39, 0.29) is 25.3 Å². The molecule has 2 nitrogen and oxygen atoms in total. The summed E-state index contributed by atoms with van der Waals surface area (Å²) in [6.45, 7) is 0. The normalized spacial score (nSPS) is 8.11. The molecule has 0 spiro atoms. The molecule has 0 saturated carbocycles. The smallest absolute Gasteiger partial charge is 0.550 e. The summed E-state index contributed by atoms with van der Waals surface area (Å²) in [6, 6.07) is 0. The van der Waals surface area contributed by atoms with Crippen LogP contribution in [0.1, 0.15) is 12.8 Å². The predicted molar refractivity (Wildman–Crippen MR) is 32.6 cm³/mol. The number of rotatable bonds is 4. The Bertz CT molecular complexity index is 77.4. The molecule has 0 aliphatic rings. The van der Waals surface area contributed by atoms with Crippen LogP contribution in [0.2, 0.25) is 0 Å². The van der Waals surface area contributed by atoms with Crippen molar-refractivity contribution in [2.45, 2.75) is 12.8 Å². The van der Waals surface area contributed by atoms with Crippen LogP contribution in [0.3, 0.4) is 0 Å². The molecule has 0 heterocycles. The number of carboxylic acids is 1. The molecule has 0 N–H and O–H groups in total. The minimum Gasteiger partial charge on any atom is -0.550 e. The maximum Gasteiger partial charge on any atom is 1.00 e. The first-order valence-corrected chi connectivity index (χ1v) is 3.85. The van der Waals surface area contributed by atoms with E-state index in [0.717, 1.165) is 12.2 Å². The molecule has 4 heteroatoms. The van der Waals surface area contributed by atoms with Crippen LogP contribution in [0.5, 0.6) is 0 Å². The van der Waals surface area contributed by atoms with Gasteiger partial charge in [-0.1, -0.05) is 0 Å². The van der Waals surface area contributed by atoms with Crippen molar-refractivity contribution < 1.29 is 28.8 Å². The summed E-state index contributed by atoms with van der Waals surface area (Å²) in [6.07, 6.45) is 2.87. The number of carboxylic acid groups (broad SMARTS) is 1. The number of carbonyl (C=O) groups is 1. The molecule has 0 aromatic heterocycles. The van der Waals surface area contributed by atoms with E-state index in [4.69, 9.17) is 0 Å². The molecule has 0 aromatic carbocycles. The van der Waals surface area contributed by atoms with E-state index >= 15 is 0 Å². The molecule has 48 valence electrons. The molecule has 0 rings (SSSR count). The van der Waals surface area contributed by atoms with Gasteiger partial charge in [-0.25, -0.2) is 0 Å². The van der Waals surface area contributed by atoms with Crippen LogP contribution >= 0.6 is 11.8 Å². The fraction of sp³-hybridized carbons (Fsp3) is 0.800. The van der Waals surface area contributed by atoms with Crippen LogP contribution in [-0.4, -0.2) is 18.0 Å². The largest absolute Gasteiger partial charge is 1.00 e. The molecular formula is C5H9LiO2S. The number of hydrogen-bond acceptors (Lipinski definition) is 3. The maximum atomic E-state index is 9.75. The van der Waals surface area contributed by atoms with Gasteiger partial charge in [0.15, 0.2) is 0 Å². The van der Waals surface area contributed by atoms with Crippen molar-refractivity contribution in [3.63, 3.8) is 0 Å². The molecule has 0 radical (unpaired) electrons. The van der Waals surface area contributed by atoms with E-state index < -0.39 is 5.97 Å². The maximum absolute atomic E-state index is 9.75. The zero-order valence-corrected chi connectivity index (χ0v) is 6.66. The molecule has 0 atom stereocenters. The molecule has 0 bridgehead atoms.